The first-order chi connectivity index (χ1) is 9.50. The van der Waals surface area contributed by atoms with Gasteiger partial charge in [0.05, 0.1) is 24.3 Å². The molecule has 0 aromatic heterocycles. The van der Waals surface area contributed by atoms with Gasteiger partial charge in [0, 0.05) is 5.69 Å². The zero-order valence-electron chi connectivity index (χ0n) is 11.8. The van der Waals surface area contributed by atoms with E-state index in [1.54, 1.807) is 12.1 Å². The fourth-order valence-electron chi connectivity index (χ4n) is 3.57. The SMILES string of the molecule is CC1CC2(CN=C(N)N2c2ccc(F)cc2)CC(C)O1. The topological polar surface area (TPSA) is 50.8 Å². The van der Waals surface area contributed by atoms with Gasteiger partial charge < -0.3 is 15.4 Å². The zero-order chi connectivity index (χ0) is 14.3. The van der Waals surface area contributed by atoms with Crippen molar-refractivity contribution in [2.45, 2.75) is 44.4 Å². The van der Waals surface area contributed by atoms with Gasteiger partial charge >= 0.3 is 0 Å². The molecule has 2 aliphatic heterocycles. The van der Waals surface area contributed by atoms with Crippen LogP contribution in [0.1, 0.15) is 26.7 Å². The van der Waals surface area contributed by atoms with Crippen LogP contribution in [0.3, 0.4) is 0 Å². The van der Waals surface area contributed by atoms with Crippen molar-refractivity contribution in [1.82, 2.24) is 0 Å². The highest BCUT2D eigenvalue weighted by atomic mass is 19.1. The van der Waals surface area contributed by atoms with Crippen molar-refractivity contribution in [3.05, 3.63) is 30.1 Å². The standard InChI is InChI=1S/C15H20FN3O/c1-10-7-15(8-11(2)20-10)9-18-14(17)19(15)13-5-3-12(16)4-6-13/h3-6,10-11H,7-9H2,1-2H3,(H2,17,18). The van der Waals surface area contributed by atoms with Gasteiger partial charge in [0.25, 0.3) is 0 Å². The molecule has 0 amide bonds. The number of benzene rings is 1. The number of rotatable bonds is 1. The van der Waals surface area contributed by atoms with E-state index >= 15 is 0 Å². The van der Waals surface area contributed by atoms with Crippen LogP contribution in [-0.2, 0) is 4.74 Å². The Balaban J connectivity index is 1.97. The Labute approximate surface area is 118 Å². The van der Waals surface area contributed by atoms with Crippen LogP contribution in [0.4, 0.5) is 10.1 Å². The zero-order valence-corrected chi connectivity index (χ0v) is 11.8. The second-order valence-corrected chi connectivity index (χ2v) is 5.88. The summed E-state index contributed by atoms with van der Waals surface area (Å²) >= 11 is 0. The number of halogens is 1. The first-order valence-corrected chi connectivity index (χ1v) is 7.01. The van der Waals surface area contributed by atoms with Crippen LogP contribution in [0.2, 0.25) is 0 Å². The molecule has 5 heteroatoms. The maximum Gasteiger partial charge on any atom is 0.196 e. The molecule has 1 aromatic carbocycles. The Morgan fingerprint density at radius 2 is 1.85 bits per heavy atom. The van der Waals surface area contributed by atoms with E-state index in [4.69, 9.17) is 10.5 Å². The van der Waals surface area contributed by atoms with Crippen LogP contribution >= 0.6 is 0 Å². The van der Waals surface area contributed by atoms with Crippen molar-refractivity contribution < 1.29 is 9.13 Å². The van der Waals surface area contributed by atoms with E-state index in [2.05, 4.69) is 23.7 Å². The highest BCUT2D eigenvalue weighted by molar-refractivity contribution is 5.98. The molecule has 4 nitrogen and oxygen atoms in total. The average molecular weight is 277 g/mol. The van der Waals surface area contributed by atoms with Crippen LogP contribution in [0.15, 0.2) is 29.3 Å². The predicted molar refractivity (Wildman–Crippen MR) is 77.3 cm³/mol. The molecule has 2 atom stereocenters. The largest absolute Gasteiger partial charge is 0.375 e. The van der Waals surface area contributed by atoms with Gasteiger partial charge in [0.1, 0.15) is 5.82 Å². The molecule has 2 N–H and O–H groups in total. The Morgan fingerprint density at radius 3 is 2.45 bits per heavy atom. The Kier molecular flexibility index (Phi) is 3.17. The summed E-state index contributed by atoms with van der Waals surface area (Å²) in [5, 5.41) is 0. The average Bonchev–Trinajstić information content (AvgIpc) is 2.66. The number of nitrogens with two attached hydrogens (primary N) is 1. The predicted octanol–water partition coefficient (Wildman–Crippen LogP) is 2.29. The van der Waals surface area contributed by atoms with Gasteiger partial charge in [-0.1, -0.05) is 0 Å². The summed E-state index contributed by atoms with van der Waals surface area (Å²) in [5.41, 5.74) is 6.84. The van der Waals surface area contributed by atoms with Gasteiger partial charge in [-0.25, -0.2) is 4.39 Å². The van der Waals surface area contributed by atoms with E-state index in [0.717, 1.165) is 18.5 Å². The number of hydrogen-bond donors (Lipinski definition) is 1. The fourth-order valence-corrected chi connectivity index (χ4v) is 3.57. The van der Waals surface area contributed by atoms with Crippen molar-refractivity contribution in [3.63, 3.8) is 0 Å². The van der Waals surface area contributed by atoms with Crippen LogP contribution in [0.5, 0.6) is 0 Å². The van der Waals surface area contributed by atoms with Gasteiger partial charge in [-0.2, -0.15) is 0 Å². The van der Waals surface area contributed by atoms with Crippen LogP contribution in [0.25, 0.3) is 0 Å². The first-order valence-electron chi connectivity index (χ1n) is 7.01. The number of guanidine groups is 1. The lowest BCUT2D eigenvalue weighted by Gasteiger charge is -2.46. The van der Waals surface area contributed by atoms with Crippen molar-refractivity contribution in [3.8, 4) is 0 Å². The maximum atomic E-state index is 13.1. The number of ether oxygens (including phenoxy) is 1. The second kappa shape index (κ2) is 4.74. The molecule has 20 heavy (non-hydrogen) atoms. The Hall–Kier alpha value is -1.62. The summed E-state index contributed by atoms with van der Waals surface area (Å²) in [6.45, 7) is 4.83. The molecule has 1 spiro atoms. The molecular weight excluding hydrogens is 257 g/mol. The summed E-state index contributed by atoms with van der Waals surface area (Å²) < 4.78 is 19.0. The molecule has 1 saturated heterocycles. The Morgan fingerprint density at radius 1 is 1.25 bits per heavy atom. The third-order valence-electron chi connectivity index (χ3n) is 4.12. The number of anilines is 1. The van der Waals surface area contributed by atoms with Gasteiger partial charge in [0.15, 0.2) is 5.96 Å². The minimum atomic E-state index is -0.244. The molecule has 0 radical (unpaired) electrons. The molecule has 0 bridgehead atoms. The van der Waals surface area contributed by atoms with E-state index in [1.807, 2.05) is 0 Å². The maximum absolute atomic E-state index is 13.1. The minimum absolute atomic E-state index is 0.140. The summed E-state index contributed by atoms with van der Waals surface area (Å²) in [5.74, 6) is 0.268. The molecule has 2 aliphatic rings. The minimum Gasteiger partial charge on any atom is -0.375 e. The van der Waals surface area contributed by atoms with Crippen molar-refractivity contribution in [2.24, 2.45) is 10.7 Å². The van der Waals surface area contributed by atoms with Crippen molar-refractivity contribution >= 4 is 11.6 Å². The lowest BCUT2D eigenvalue weighted by Crippen LogP contribution is -2.57. The van der Waals surface area contributed by atoms with E-state index < -0.39 is 0 Å². The molecule has 3 rings (SSSR count). The lowest BCUT2D eigenvalue weighted by molar-refractivity contribution is -0.0559. The second-order valence-electron chi connectivity index (χ2n) is 5.88. The summed E-state index contributed by atoms with van der Waals surface area (Å²) in [6.07, 6.45) is 2.09. The third kappa shape index (κ3) is 2.16. The molecular formula is C15H20FN3O. The quantitative estimate of drug-likeness (QED) is 0.857. The molecule has 1 fully saturated rings. The molecule has 108 valence electrons. The summed E-state index contributed by atoms with van der Waals surface area (Å²) in [6, 6.07) is 6.44. The van der Waals surface area contributed by atoms with E-state index in [-0.39, 0.29) is 23.6 Å². The molecule has 2 unspecified atom stereocenters. The molecule has 0 aliphatic carbocycles. The summed E-state index contributed by atoms with van der Waals surface area (Å²) in [4.78, 5) is 6.49. The van der Waals surface area contributed by atoms with Gasteiger partial charge in [-0.3, -0.25) is 4.99 Å². The first kappa shape index (κ1) is 13.4. The van der Waals surface area contributed by atoms with E-state index in [0.29, 0.717) is 12.5 Å². The van der Waals surface area contributed by atoms with Crippen LogP contribution in [-0.4, -0.2) is 30.3 Å². The number of nitrogens with zero attached hydrogens (tertiary/aromatic N) is 2. The van der Waals surface area contributed by atoms with Crippen molar-refractivity contribution in [2.75, 3.05) is 11.4 Å². The van der Waals surface area contributed by atoms with Gasteiger partial charge in [-0.05, 0) is 51.0 Å². The van der Waals surface area contributed by atoms with Crippen molar-refractivity contribution in [1.29, 1.82) is 0 Å². The highest BCUT2D eigenvalue weighted by Gasteiger charge is 2.47. The molecule has 1 aromatic rings. The monoisotopic (exact) mass is 277 g/mol. The van der Waals surface area contributed by atoms with E-state index in [9.17, 15) is 4.39 Å². The third-order valence-corrected chi connectivity index (χ3v) is 4.12. The van der Waals surface area contributed by atoms with Crippen LogP contribution in [0, 0.1) is 5.82 Å². The molecule has 2 heterocycles. The van der Waals surface area contributed by atoms with Crippen LogP contribution < -0.4 is 10.6 Å². The smallest absolute Gasteiger partial charge is 0.196 e. The fraction of sp³-hybridized carbons (Fsp3) is 0.533. The Bertz CT molecular complexity index is 518. The molecule has 0 saturated carbocycles. The van der Waals surface area contributed by atoms with E-state index in [1.165, 1.54) is 12.1 Å². The number of hydrogen-bond acceptors (Lipinski definition) is 4. The number of aliphatic imine (C=N–C) groups is 1. The normalized spacial score (nSPS) is 33.5. The summed E-state index contributed by atoms with van der Waals surface area (Å²) in [7, 11) is 0. The lowest BCUT2D eigenvalue weighted by atomic mass is 9.83. The van der Waals surface area contributed by atoms with Gasteiger partial charge in [-0.15, -0.1) is 0 Å². The highest BCUT2D eigenvalue weighted by Crippen LogP contribution is 2.40. The van der Waals surface area contributed by atoms with Gasteiger partial charge in [0.2, 0.25) is 0 Å².